The van der Waals surface area contributed by atoms with Crippen LogP contribution in [0.15, 0.2) is 48.5 Å². The maximum absolute atomic E-state index is 12.6. The molecular weight excluding hydrogens is 310 g/mol. The van der Waals surface area contributed by atoms with Crippen LogP contribution in [0.4, 0.5) is 5.69 Å². The van der Waals surface area contributed by atoms with Gasteiger partial charge < -0.3 is 10.0 Å². The zero-order chi connectivity index (χ0) is 17.6. The molecule has 3 aromatic rings. The number of carbonyl (C=O) groups is 1. The van der Waals surface area contributed by atoms with E-state index in [0.29, 0.717) is 6.42 Å². The summed E-state index contributed by atoms with van der Waals surface area (Å²) >= 11 is 0. The highest BCUT2D eigenvalue weighted by molar-refractivity contribution is 6.14. The second kappa shape index (κ2) is 6.01. The van der Waals surface area contributed by atoms with E-state index >= 15 is 0 Å². The van der Waals surface area contributed by atoms with Crippen LogP contribution < -0.4 is 4.90 Å². The molecule has 1 aliphatic carbocycles. The molecule has 25 heavy (non-hydrogen) atoms. The molecular formula is C22H21NO2. The van der Waals surface area contributed by atoms with Gasteiger partial charge in [0.1, 0.15) is 0 Å². The molecule has 0 unspecified atom stereocenters. The molecule has 0 aliphatic heterocycles. The van der Waals surface area contributed by atoms with Gasteiger partial charge in [-0.3, -0.25) is 4.79 Å². The summed E-state index contributed by atoms with van der Waals surface area (Å²) in [6.45, 7) is 0.0254. The van der Waals surface area contributed by atoms with E-state index < -0.39 is 0 Å². The average molecular weight is 331 g/mol. The van der Waals surface area contributed by atoms with Crippen molar-refractivity contribution in [3.05, 3.63) is 65.2 Å². The molecule has 0 saturated carbocycles. The summed E-state index contributed by atoms with van der Waals surface area (Å²) < 4.78 is 0. The number of fused-ring (bicyclic) bond motifs is 2. The zero-order valence-electron chi connectivity index (χ0n) is 14.5. The quantitative estimate of drug-likeness (QED) is 0.782. The predicted molar refractivity (Wildman–Crippen MR) is 102 cm³/mol. The number of aryl methyl sites for hydroxylation is 1. The highest BCUT2D eigenvalue weighted by atomic mass is 16.3. The van der Waals surface area contributed by atoms with Crippen molar-refractivity contribution >= 4 is 22.2 Å². The van der Waals surface area contributed by atoms with Gasteiger partial charge >= 0.3 is 0 Å². The summed E-state index contributed by atoms with van der Waals surface area (Å²) in [7, 11) is 4.05. The summed E-state index contributed by atoms with van der Waals surface area (Å²) in [6, 6.07) is 16.5. The molecule has 0 amide bonds. The van der Waals surface area contributed by atoms with Gasteiger partial charge in [0.05, 0.1) is 6.61 Å². The van der Waals surface area contributed by atoms with Crippen molar-refractivity contribution in [1.82, 2.24) is 0 Å². The topological polar surface area (TPSA) is 40.5 Å². The lowest BCUT2D eigenvalue weighted by atomic mass is 9.90. The Labute approximate surface area is 147 Å². The molecule has 126 valence electrons. The molecule has 0 radical (unpaired) electrons. The molecule has 3 aromatic carbocycles. The molecule has 3 heteroatoms. The highest BCUT2D eigenvalue weighted by Crippen LogP contribution is 2.40. The molecule has 0 fully saturated rings. The largest absolute Gasteiger partial charge is 0.392 e. The van der Waals surface area contributed by atoms with Crippen molar-refractivity contribution < 1.29 is 9.90 Å². The highest BCUT2D eigenvalue weighted by Gasteiger charge is 2.25. The molecule has 0 heterocycles. The molecule has 4 rings (SSSR count). The Morgan fingerprint density at radius 3 is 2.40 bits per heavy atom. The third-order valence-electron chi connectivity index (χ3n) is 5.05. The Morgan fingerprint density at radius 1 is 0.960 bits per heavy atom. The maximum Gasteiger partial charge on any atom is 0.164 e. The summed E-state index contributed by atoms with van der Waals surface area (Å²) in [4.78, 5) is 14.7. The van der Waals surface area contributed by atoms with E-state index in [1.165, 1.54) is 5.39 Å². The van der Waals surface area contributed by atoms with Gasteiger partial charge in [-0.25, -0.2) is 0 Å². The van der Waals surface area contributed by atoms with Crippen molar-refractivity contribution in [2.45, 2.75) is 19.4 Å². The second-order valence-electron chi connectivity index (χ2n) is 6.86. The number of Topliss-reactive ketones (excluding diaryl/α,β-unsaturated/α-hetero) is 1. The molecule has 1 aliphatic rings. The van der Waals surface area contributed by atoms with Crippen LogP contribution in [0.1, 0.15) is 27.9 Å². The van der Waals surface area contributed by atoms with Gasteiger partial charge in [-0.2, -0.15) is 0 Å². The van der Waals surface area contributed by atoms with Crippen LogP contribution in [0.25, 0.3) is 21.9 Å². The average Bonchev–Trinajstić information content (AvgIpc) is 3.00. The predicted octanol–water partition coefficient (Wildman–Crippen LogP) is 4.19. The number of carbonyl (C=O) groups excluding carboxylic acids is 1. The smallest absolute Gasteiger partial charge is 0.164 e. The molecule has 0 bridgehead atoms. The minimum absolute atomic E-state index is 0.0254. The number of hydrogen-bond acceptors (Lipinski definition) is 3. The third-order valence-corrected chi connectivity index (χ3v) is 5.05. The SMILES string of the molecule is CN(C)c1ccc2cc3c(c(-c4ccc(CO)cc4)c2c1)C(=O)CC3. The molecule has 0 spiro atoms. The number of rotatable bonds is 3. The van der Waals surface area contributed by atoms with E-state index in [1.54, 1.807) is 0 Å². The van der Waals surface area contributed by atoms with Crippen LogP contribution in [0.2, 0.25) is 0 Å². The van der Waals surface area contributed by atoms with Gasteiger partial charge in [-0.05, 0) is 46.0 Å². The van der Waals surface area contributed by atoms with Crippen LogP contribution >= 0.6 is 0 Å². The van der Waals surface area contributed by atoms with Gasteiger partial charge in [0.25, 0.3) is 0 Å². The fraction of sp³-hybridized carbons (Fsp3) is 0.227. The fourth-order valence-electron chi connectivity index (χ4n) is 3.69. The number of anilines is 1. The Bertz CT molecular complexity index is 971. The van der Waals surface area contributed by atoms with E-state index in [9.17, 15) is 9.90 Å². The number of nitrogens with zero attached hydrogens (tertiary/aromatic N) is 1. The molecule has 0 aromatic heterocycles. The van der Waals surface area contributed by atoms with Crippen molar-refractivity contribution in [2.75, 3.05) is 19.0 Å². The van der Waals surface area contributed by atoms with E-state index in [4.69, 9.17) is 0 Å². The molecule has 0 atom stereocenters. The van der Waals surface area contributed by atoms with Crippen LogP contribution in [-0.4, -0.2) is 25.0 Å². The standard InChI is InChI=1S/C22H21NO2/c1-23(2)18-9-7-16-11-17-8-10-20(25)22(17)21(19(16)12-18)15-5-3-14(13-24)4-6-15/h3-7,9,11-12,24H,8,10,13H2,1-2H3. The van der Waals surface area contributed by atoms with Gasteiger partial charge in [-0.1, -0.05) is 36.4 Å². The van der Waals surface area contributed by atoms with E-state index in [2.05, 4.69) is 29.2 Å². The van der Waals surface area contributed by atoms with Gasteiger partial charge in [0.2, 0.25) is 0 Å². The summed E-state index contributed by atoms with van der Waals surface area (Å²) in [6.07, 6.45) is 1.41. The Balaban J connectivity index is 2.05. The lowest BCUT2D eigenvalue weighted by molar-refractivity contribution is 0.0995. The second-order valence-corrected chi connectivity index (χ2v) is 6.86. The minimum atomic E-state index is 0.0254. The third kappa shape index (κ3) is 2.61. The molecule has 3 nitrogen and oxygen atoms in total. The van der Waals surface area contributed by atoms with Crippen molar-refractivity contribution in [1.29, 1.82) is 0 Å². The van der Waals surface area contributed by atoms with Crippen molar-refractivity contribution in [3.63, 3.8) is 0 Å². The number of ketones is 1. The summed E-state index contributed by atoms with van der Waals surface area (Å²) in [5.74, 6) is 0.230. The maximum atomic E-state index is 12.6. The number of benzene rings is 3. The van der Waals surface area contributed by atoms with Crippen LogP contribution in [0.5, 0.6) is 0 Å². The lowest BCUT2D eigenvalue weighted by Crippen LogP contribution is -2.08. The van der Waals surface area contributed by atoms with E-state index in [0.717, 1.165) is 45.3 Å². The van der Waals surface area contributed by atoms with Crippen molar-refractivity contribution in [3.8, 4) is 11.1 Å². The molecule has 1 N–H and O–H groups in total. The first-order chi connectivity index (χ1) is 12.1. The van der Waals surface area contributed by atoms with Gasteiger partial charge in [0, 0.05) is 37.3 Å². The number of aliphatic hydroxyl groups is 1. The first kappa shape index (κ1) is 15.9. The summed E-state index contributed by atoms with van der Waals surface area (Å²) in [5.41, 5.74) is 6.08. The Kier molecular flexibility index (Phi) is 3.81. The van der Waals surface area contributed by atoms with Crippen LogP contribution in [-0.2, 0) is 13.0 Å². The van der Waals surface area contributed by atoms with Crippen LogP contribution in [0, 0.1) is 0 Å². The molecule has 0 saturated heterocycles. The first-order valence-corrected chi connectivity index (χ1v) is 8.59. The zero-order valence-corrected chi connectivity index (χ0v) is 14.5. The minimum Gasteiger partial charge on any atom is -0.392 e. The number of aliphatic hydroxyl groups excluding tert-OH is 1. The Morgan fingerprint density at radius 2 is 1.72 bits per heavy atom. The first-order valence-electron chi connectivity index (χ1n) is 8.59. The normalized spacial score (nSPS) is 13.3. The van der Waals surface area contributed by atoms with Gasteiger partial charge in [0.15, 0.2) is 5.78 Å². The van der Waals surface area contributed by atoms with E-state index in [1.807, 2.05) is 38.4 Å². The number of hydrogen-bond donors (Lipinski definition) is 1. The van der Waals surface area contributed by atoms with Gasteiger partial charge in [-0.15, -0.1) is 0 Å². The van der Waals surface area contributed by atoms with E-state index in [-0.39, 0.29) is 12.4 Å². The summed E-state index contributed by atoms with van der Waals surface area (Å²) in [5, 5.41) is 11.6. The fourth-order valence-corrected chi connectivity index (χ4v) is 3.69. The monoisotopic (exact) mass is 331 g/mol. The lowest BCUT2D eigenvalue weighted by Gasteiger charge is -2.17. The van der Waals surface area contributed by atoms with Crippen LogP contribution in [0.3, 0.4) is 0 Å². The Hall–Kier alpha value is -2.65. The van der Waals surface area contributed by atoms with Crippen molar-refractivity contribution in [2.24, 2.45) is 0 Å².